The molecule has 29 heavy (non-hydrogen) atoms. The lowest BCUT2D eigenvalue weighted by molar-refractivity contribution is -0.117. The van der Waals surface area contributed by atoms with Crippen LogP contribution in [-0.4, -0.2) is 46.7 Å². The molecule has 8 heteroatoms. The van der Waals surface area contributed by atoms with E-state index in [0.717, 1.165) is 35.1 Å². The predicted molar refractivity (Wildman–Crippen MR) is 112 cm³/mol. The summed E-state index contributed by atoms with van der Waals surface area (Å²) in [6.07, 6.45) is 3.54. The van der Waals surface area contributed by atoms with Crippen molar-refractivity contribution in [3.8, 4) is 0 Å². The molecule has 1 aromatic carbocycles. The van der Waals surface area contributed by atoms with Crippen molar-refractivity contribution in [1.29, 1.82) is 0 Å². The van der Waals surface area contributed by atoms with E-state index >= 15 is 0 Å². The van der Waals surface area contributed by atoms with E-state index in [-0.39, 0.29) is 18.4 Å². The molecule has 4 rings (SSSR count). The second kappa shape index (κ2) is 7.63. The number of hydrogen-bond acceptors (Lipinski definition) is 5. The van der Waals surface area contributed by atoms with Crippen LogP contribution in [0.25, 0.3) is 11.0 Å². The fourth-order valence-corrected chi connectivity index (χ4v) is 3.76. The number of hydrogen-bond donors (Lipinski definition) is 2. The number of carbonyl (C=O) groups is 2. The number of fused-ring (bicyclic) bond motifs is 2. The number of nitrogens with zero attached hydrogens (tertiary/aromatic N) is 4. The zero-order chi connectivity index (χ0) is 20.5. The summed E-state index contributed by atoms with van der Waals surface area (Å²) in [4.78, 5) is 31.6. The minimum atomic E-state index is -0.234. The van der Waals surface area contributed by atoms with Crippen LogP contribution in [0.5, 0.6) is 0 Å². The van der Waals surface area contributed by atoms with Gasteiger partial charge in [-0.25, -0.2) is 4.98 Å². The van der Waals surface area contributed by atoms with Gasteiger partial charge >= 0.3 is 0 Å². The first-order valence-electron chi connectivity index (χ1n) is 9.66. The Balaban J connectivity index is 1.62. The Kier molecular flexibility index (Phi) is 5.02. The molecule has 2 N–H and O–H groups in total. The van der Waals surface area contributed by atoms with Gasteiger partial charge in [-0.15, -0.1) is 0 Å². The van der Waals surface area contributed by atoms with Crippen LogP contribution in [-0.2, 0) is 18.3 Å². The highest BCUT2D eigenvalue weighted by atomic mass is 16.2. The standard InChI is InChI=1S/C21H24N6O2/c1-13-16(10-19-17(24-13)11-23-26(19)3)21(29)25-15-7-6-14-5-4-8-27(18(14)9-15)20(28)12-22-2/h6-7,9-11,22H,4-5,8,12H2,1-3H3,(H,25,29). The number of pyridine rings is 1. The van der Waals surface area contributed by atoms with Gasteiger partial charge in [-0.05, 0) is 50.6 Å². The summed E-state index contributed by atoms with van der Waals surface area (Å²) >= 11 is 0. The molecule has 0 spiro atoms. The van der Waals surface area contributed by atoms with Crippen molar-refractivity contribution in [2.45, 2.75) is 19.8 Å². The number of carbonyl (C=O) groups excluding carboxylic acids is 2. The van der Waals surface area contributed by atoms with E-state index in [1.165, 1.54) is 0 Å². The van der Waals surface area contributed by atoms with Crippen LogP contribution in [0.1, 0.15) is 28.0 Å². The fourth-order valence-electron chi connectivity index (χ4n) is 3.76. The number of nitrogens with one attached hydrogen (secondary N) is 2. The number of likely N-dealkylation sites (N-methyl/N-ethyl adjacent to an activating group) is 1. The Hall–Kier alpha value is -3.26. The van der Waals surface area contributed by atoms with Crippen LogP contribution in [0.4, 0.5) is 11.4 Å². The van der Waals surface area contributed by atoms with Crippen molar-refractivity contribution < 1.29 is 9.59 Å². The van der Waals surface area contributed by atoms with Crippen molar-refractivity contribution in [2.75, 3.05) is 30.4 Å². The predicted octanol–water partition coefficient (Wildman–Crippen LogP) is 2.03. The molecule has 0 radical (unpaired) electrons. The van der Waals surface area contributed by atoms with Crippen molar-refractivity contribution in [3.05, 3.63) is 47.3 Å². The molecule has 8 nitrogen and oxygen atoms in total. The minimum absolute atomic E-state index is 0.0265. The summed E-state index contributed by atoms with van der Waals surface area (Å²) in [6.45, 7) is 2.78. The highest BCUT2D eigenvalue weighted by molar-refractivity contribution is 6.07. The molecule has 1 aliphatic rings. The molecule has 0 unspecified atom stereocenters. The van der Waals surface area contributed by atoms with Gasteiger partial charge in [-0.2, -0.15) is 5.10 Å². The molecular formula is C21H24N6O2. The summed E-state index contributed by atoms with van der Waals surface area (Å²) in [5.74, 6) is -0.208. The van der Waals surface area contributed by atoms with Crippen LogP contribution < -0.4 is 15.5 Å². The molecule has 0 atom stereocenters. The van der Waals surface area contributed by atoms with E-state index in [1.54, 1.807) is 28.9 Å². The highest BCUT2D eigenvalue weighted by Crippen LogP contribution is 2.30. The highest BCUT2D eigenvalue weighted by Gasteiger charge is 2.23. The van der Waals surface area contributed by atoms with Crippen LogP contribution >= 0.6 is 0 Å². The minimum Gasteiger partial charge on any atom is -0.322 e. The number of anilines is 2. The van der Waals surface area contributed by atoms with Crippen LogP contribution in [0.3, 0.4) is 0 Å². The third-order valence-corrected chi connectivity index (χ3v) is 5.26. The third kappa shape index (κ3) is 3.58. The van der Waals surface area contributed by atoms with E-state index < -0.39 is 0 Å². The van der Waals surface area contributed by atoms with Gasteiger partial charge in [0.2, 0.25) is 5.91 Å². The van der Waals surface area contributed by atoms with Gasteiger partial charge in [0, 0.05) is 25.0 Å². The number of amides is 2. The molecular weight excluding hydrogens is 368 g/mol. The normalized spacial score (nSPS) is 13.4. The Morgan fingerprint density at radius 3 is 2.86 bits per heavy atom. The maximum Gasteiger partial charge on any atom is 0.257 e. The molecule has 2 aromatic heterocycles. The van der Waals surface area contributed by atoms with Gasteiger partial charge in [0.1, 0.15) is 5.52 Å². The summed E-state index contributed by atoms with van der Waals surface area (Å²) < 4.78 is 1.70. The quantitative estimate of drug-likeness (QED) is 0.709. The van der Waals surface area contributed by atoms with Gasteiger partial charge in [0.25, 0.3) is 5.91 Å². The third-order valence-electron chi connectivity index (χ3n) is 5.26. The molecule has 3 heterocycles. The zero-order valence-electron chi connectivity index (χ0n) is 16.8. The first-order chi connectivity index (χ1) is 14.0. The van der Waals surface area contributed by atoms with Crippen molar-refractivity contribution in [2.24, 2.45) is 7.05 Å². The molecule has 1 aliphatic heterocycles. The van der Waals surface area contributed by atoms with E-state index in [1.807, 2.05) is 32.2 Å². The molecule has 0 fully saturated rings. The van der Waals surface area contributed by atoms with Crippen molar-refractivity contribution in [1.82, 2.24) is 20.1 Å². The average Bonchev–Trinajstić information content (AvgIpc) is 3.06. The van der Waals surface area contributed by atoms with Crippen LogP contribution in [0, 0.1) is 6.92 Å². The van der Waals surface area contributed by atoms with Gasteiger partial charge in [-0.1, -0.05) is 6.07 Å². The molecule has 3 aromatic rings. The number of benzene rings is 1. The Bertz CT molecular complexity index is 1100. The van der Waals surface area contributed by atoms with Crippen molar-refractivity contribution in [3.63, 3.8) is 0 Å². The lowest BCUT2D eigenvalue weighted by atomic mass is 10.0. The smallest absolute Gasteiger partial charge is 0.257 e. The van der Waals surface area contributed by atoms with Gasteiger partial charge < -0.3 is 15.5 Å². The molecule has 0 saturated carbocycles. The second-order valence-corrected chi connectivity index (χ2v) is 7.27. The van der Waals surface area contributed by atoms with E-state index in [2.05, 4.69) is 20.7 Å². The monoisotopic (exact) mass is 392 g/mol. The molecule has 150 valence electrons. The van der Waals surface area contributed by atoms with Crippen LogP contribution in [0.15, 0.2) is 30.5 Å². The van der Waals surface area contributed by atoms with Crippen molar-refractivity contribution >= 4 is 34.2 Å². The Morgan fingerprint density at radius 1 is 1.24 bits per heavy atom. The summed E-state index contributed by atoms with van der Waals surface area (Å²) in [5, 5.41) is 10.1. The lowest BCUT2D eigenvalue weighted by Crippen LogP contribution is -2.40. The maximum atomic E-state index is 12.9. The Labute approximate surface area is 168 Å². The first-order valence-corrected chi connectivity index (χ1v) is 9.66. The topological polar surface area (TPSA) is 92.2 Å². The van der Waals surface area contributed by atoms with Crippen LogP contribution in [0.2, 0.25) is 0 Å². The first kappa shape index (κ1) is 19.1. The largest absolute Gasteiger partial charge is 0.322 e. The number of aryl methyl sites for hydroxylation is 3. The lowest BCUT2D eigenvalue weighted by Gasteiger charge is -2.30. The van der Waals surface area contributed by atoms with Gasteiger partial charge in [-0.3, -0.25) is 14.3 Å². The average molecular weight is 392 g/mol. The summed E-state index contributed by atoms with van der Waals surface area (Å²) in [5.41, 5.74) is 5.35. The van der Waals surface area contributed by atoms with E-state index in [4.69, 9.17) is 0 Å². The van der Waals surface area contributed by atoms with Gasteiger partial charge in [0.05, 0.1) is 29.5 Å². The zero-order valence-corrected chi connectivity index (χ0v) is 16.8. The number of aromatic nitrogens is 3. The Morgan fingerprint density at radius 2 is 2.07 bits per heavy atom. The van der Waals surface area contributed by atoms with E-state index in [9.17, 15) is 9.59 Å². The SMILES string of the molecule is CNCC(=O)N1CCCc2ccc(NC(=O)c3cc4c(cnn4C)nc3C)cc21. The molecule has 0 saturated heterocycles. The van der Waals surface area contributed by atoms with E-state index in [0.29, 0.717) is 23.5 Å². The second-order valence-electron chi connectivity index (χ2n) is 7.27. The summed E-state index contributed by atoms with van der Waals surface area (Å²) in [7, 11) is 3.58. The summed E-state index contributed by atoms with van der Waals surface area (Å²) in [6, 6.07) is 7.56. The maximum absolute atomic E-state index is 12.9. The molecule has 0 aliphatic carbocycles. The number of rotatable bonds is 4. The fraction of sp³-hybridized carbons (Fsp3) is 0.333. The molecule has 0 bridgehead atoms. The molecule has 2 amide bonds. The van der Waals surface area contributed by atoms with Gasteiger partial charge in [0.15, 0.2) is 0 Å².